The van der Waals surface area contributed by atoms with E-state index in [9.17, 15) is 9.59 Å². The molecule has 0 aliphatic heterocycles. The van der Waals surface area contributed by atoms with E-state index in [0.717, 1.165) is 12.8 Å². The Labute approximate surface area is 240 Å². The molecule has 212 valence electrons. The smallest absolute Gasteiger partial charge is 0.351 e. The van der Waals surface area contributed by atoms with Crippen LogP contribution in [0.2, 0.25) is 0 Å². The van der Waals surface area contributed by atoms with E-state index in [1.807, 2.05) is 12.1 Å². The summed E-state index contributed by atoms with van der Waals surface area (Å²) in [7, 11) is 3.05. The van der Waals surface area contributed by atoms with Gasteiger partial charge in [-0.2, -0.15) is 0 Å². The van der Waals surface area contributed by atoms with Crippen LogP contribution in [0.15, 0.2) is 88.1 Å². The van der Waals surface area contributed by atoms with Gasteiger partial charge in [0.05, 0.1) is 19.6 Å². The van der Waals surface area contributed by atoms with Crippen LogP contribution in [-0.4, -0.2) is 26.3 Å². The molecule has 0 saturated heterocycles. The van der Waals surface area contributed by atoms with Gasteiger partial charge in [0.2, 0.25) is 0 Å². The minimum Gasteiger partial charge on any atom is -0.496 e. The highest BCUT2D eigenvalue weighted by Gasteiger charge is 2.69. The fourth-order valence-corrected chi connectivity index (χ4v) is 7.72. The summed E-state index contributed by atoms with van der Waals surface area (Å²) < 4.78 is 22.9. The van der Waals surface area contributed by atoms with E-state index in [0.29, 0.717) is 22.8 Å². The van der Waals surface area contributed by atoms with Crippen LogP contribution in [0.1, 0.15) is 61.0 Å². The molecule has 6 heteroatoms. The van der Waals surface area contributed by atoms with E-state index in [-0.39, 0.29) is 33.8 Å². The number of hydrogen-bond donors (Lipinski definition) is 0. The maximum absolute atomic E-state index is 13.9. The lowest BCUT2D eigenvalue weighted by atomic mass is 9.68. The quantitative estimate of drug-likeness (QED) is 0.178. The third kappa shape index (κ3) is 4.23. The number of esters is 1. The molecule has 4 aromatic rings. The van der Waals surface area contributed by atoms with Gasteiger partial charge >= 0.3 is 11.6 Å². The van der Waals surface area contributed by atoms with Crippen LogP contribution in [0.25, 0.3) is 11.0 Å². The van der Waals surface area contributed by atoms with Crippen LogP contribution < -0.4 is 15.1 Å². The van der Waals surface area contributed by atoms with Crippen LogP contribution in [0.5, 0.6) is 11.5 Å². The predicted molar refractivity (Wildman–Crippen MR) is 158 cm³/mol. The summed E-state index contributed by atoms with van der Waals surface area (Å²) in [4.78, 5) is 27.0. The third-order valence-corrected chi connectivity index (χ3v) is 10.2. The third-order valence-electron chi connectivity index (χ3n) is 10.2. The maximum atomic E-state index is 13.9. The van der Waals surface area contributed by atoms with Gasteiger partial charge in [0.1, 0.15) is 28.7 Å². The number of fused-ring (bicyclic) bond motifs is 3. The molecule has 1 heterocycles. The van der Waals surface area contributed by atoms with Crippen molar-refractivity contribution in [2.75, 3.05) is 14.2 Å². The molecule has 2 aliphatic rings. The summed E-state index contributed by atoms with van der Waals surface area (Å²) in [5.41, 5.74) is 1.45. The molecule has 0 amide bonds. The Balaban J connectivity index is 1.45. The molecule has 2 aliphatic carbocycles. The van der Waals surface area contributed by atoms with Crippen molar-refractivity contribution in [2.45, 2.75) is 45.6 Å². The minimum atomic E-state index is -0.746. The standard InChI is InChI=1S/C35H36O6/c1-34(2)26-16-17-35(34,3)31(30(26)29(21-12-8-6-9-13-21)22-14-10-7-11-15-22)41-33(37)25-20-24-27(39-5)18-23(38-4)19-28(24)40-32(25)36/h6-15,18-20,26,29-31H,16-17H2,1-5H3/t26-,30+,31-,35+/m1/s1. The summed E-state index contributed by atoms with van der Waals surface area (Å²) in [5.74, 6) is 0.650. The van der Waals surface area contributed by atoms with Crippen molar-refractivity contribution in [1.82, 2.24) is 0 Å². The molecule has 6 rings (SSSR count). The Hall–Kier alpha value is -4.06. The minimum absolute atomic E-state index is 0.0298. The molecule has 6 nitrogen and oxygen atoms in total. The molecule has 3 aromatic carbocycles. The fraction of sp³-hybridized carbons (Fsp3) is 0.371. The second-order valence-electron chi connectivity index (χ2n) is 12.2. The molecule has 2 saturated carbocycles. The Kier molecular flexibility index (Phi) is 6.68. The zero-order chi connectivity index (χ0) is 28.9. The summed E-state index contributed by atoms with van der Waals surface area (Å²) in [6.07, 6.45) is 1.62. The molecule has 0 radical (unpaired) electrons. The number of rotatable bonds is 7. The van der Waals surface area contributed by atoms with E-state index >= 15 is 0 Å². The Morgan fingerprint density at radius 2 is 1.54 bits per heavy atom. The first kappa shape index (κ1) is 27.1. The lowest BCUT2D eigenvalue weighted by Crippen LogP contribution is -2.43. The summed E-state index contributed by atoms with van der Waals surface area (Å²) in [6, 6.07) is 25.8. The largest absolute Gasteiger partial charge is 0.496 e. The molecular formula is C35H36O6. The number of benzene rings is 3. The van der Waals surface area contributed by atoms with E-state index in [4.69, 9.17) is 18.6 Å². The second-order valence-corrected chi connectivity index (χ2v) is 12.2. The van der Waals surface area contributed by atoms with Gasteiger partial charge in [-0.3, -0.25) is 0 Å². The van der Waals surface area contributed by atoms with Crippen molar-refractivity contribution >= 4 is 16.9 Å². The molecule has 41 heavy (non-hydrogen) atoms. The molecule has 2 fully saturated rings. The highest BCUT2D eigenvalue weighted by Crippen LogP contribution is 2.71. The Morgan fingerprint density at radius 1 is 0.902 bits per heavy atom. The summed E-state index contributed by atoms with van der Waals surface area (Å²) >= 11 is 0. The van der Waals surface area contributed by atoms with Crippen LogP contribution in [0, 0.1) is 22.7 Å². The first-order chi connectivity index (χ1) is 19.7. The molecule has 4 atom stereocenters. The van der Waals surface area contributed by atoms with Crippen molar-refractivity contribution in [1.29, 1.82) is 0 Å². The van der Waals surface area contributed by atoms with E-state index in [1.54, 1.807) is 12.1 Å². The van der Waals surface area contributed by atoms with Crippen molar-refractivity contribution in [3.8, 4) is 11.5 Å². The maximum Gasteiger partial charge on any atom is 0.351 e. The van der Waals surface area contributed by atoms with Gasteiger partial charge in [0, 0.05) is 29.4 Å². The van der Waals surface area contributed by atoms with Crippen LogP contribution in [0.4, 0.5) is 0 Å². The van der Waals surface area contributed by atoms with E-state index in [2.05, 4.69) is 69.3 Å². The summed E-state index contributed by atoms with van der Waals surface area (Å²) in [6.45, 7) is 6.86. The van der Waals surface area contributed by atoms with Gasteiger partial charge in [-0.15, -0.1) is 0 Å². The van der Waals surface area contributed by atoms with Gasteiger partial charge in [-0.25, -0.2) is 9.59 Å². The number of carbonyl (C=O) groups is 1. The number of carbonyl (C=O) groups excluding carboxylic acids is 1. The molecular weight excluding hydrogens is 516 g/mol. The van der Waals surface area contributed by atoms with Gasteiger partial charge < -0.3 is 18.6 Å². The summed E-state index contributed by atoms with van der Waals surface area (Å²) in [5, 5.41) is 0.502. The van der Waals surface area contributed by atoms with Crippen molar-refractivity contribution in [2.24, 2.45) is 22.7 Å². The van der Waals surface area contributed by atoms with Gasteiger partial charge in [-0.05, 0) is 41.4 Å². The second kappa shape index (κ2) is 10.1. The van der Waals surface area contributed by atoms with Crippen LogP contribution in [-0.2, 0) is 4.74 Å². The van der Waals surface area contributed by atoms with Gasteiger partial charge in [0.15, 0.2) is 0 Å². The highest BCUT2D eigenvalue weighted by atomic mass is 16.5. The zero-order valence-corrected chi connectivity index (χ0v) is 24.2. The fourth-order valence-electron chi connectivity index (χ4n) is 7.72. The molecule has 0 unspecified atom stereocenters. The topological polar surface area (TPSA) is 75.0 Å². The average molecular weight is 553 g/mol. The lowest BCUT2D eigenvalue weighted by Gasteiger charge is -2.41. The first-order valence-electron chi connectivity index (χ1n) is 14.2. The van der Waals surface area contributed by atoms with Gasteiger partial charge in [-0.1, -0.05) is 81.4 Å². The Bertz CT molecular complexity index is 1600. The molecule has 2 bridgehead atoms. The SMILES string of the molecule is COc1cc(OC)c2cc(C(=O)O[C@@H]3[C@H](C(c4ccccc4)c4ccccc4)[C@H]4CC[C@]3(C)C4(C)C)c(=O)oc2c1. The zero-order valence-electron chi connectivity index (χ0n) is 24.2. The normalized spacial score (nSPS) is 24.5. The monoisotopic (exact) mass is 552 g/mol. The van der Waals surface area contributed by atoms with Crippen LogP contribution >= 0.6 is 0 Å². The van der Waals surface area contributed by atoms with Crippen molar-refractivity contribution in [3.05, 3.63) is 106 Å². The van der Waals surface area contributed by atoms with Crippen molar-refractivity contribution in [3.63, 3.8) is 0 Å². The van der Waals surface area contributed by atoms with Gasteiger partial charge in [0.25, 0.3) is 0 Å². The number of hydrogen-bond acceptors (Lipinski definition) is 6. The van der Waals surface area contributed by atoms with E-state index < -0.39 is 17.7 Å². The average Bonchev–Trinajstić information content (AvgIpc) is 3.30. The first-order valence-corrected chi connectivity index (χ1v) is 14.2. The molecule has 1 aromatic heterocycles. The molecule has 0 N–H and O–H groups in total. The number of methoxy groups -OCH3 is 2. The molecule has 0 spiro atoms. The lowest BCUT2D eigenvalue weighted by molar-refractivity contribution is -0.0438. The predicted octanol–water partition coefficient (Wildman–Crippen LogP) is 7.24. The van der Waals surface area contributed by atoms with Crippen molar-refractivity contribution < 1.29 is 23.4 Å². The Morgan fingerprint density at radius 3 is 2.12 bits per heavy atom. The van der Waals surface area contributed by atoms with E-state index in [1.165, 1.54) is 31.4 Å². The van der Waals surface area contributed by atoms with Crippen LogP contribution in [0.3, 0.4) is 0 Å². The number of ether oxygens (including phenoxy) is 3. The highest BCUT2D eigenvalue weighted by molar-refractivity contribution is 5.95.